The lowest BCUT2D eigenvalue weighted by Gasteiger charge is -2.39. The number of rotatable bonds is 4. The molecule has 2 aliphatic carbocycles. The number of imide groups is 1. The maximum atomic E-state index is 15.7. The number of fused-ring (bicyclic) bond motifs is 7. The Labute approximate surface area is 245 Å². The lowest BCUT2D eigenvalue weighted by molar-refractivity contribution is -0.132. The van der Waals surface area contributed by atoms with Crippen molar-refractivity contribution in [1.29, 1.82) is 0 Å². The molecular formula is C35H23NO7. The zero-order valence-electron chi connectivity index (χ0n) is 22.7. The van der Waals surface area contributed by atoms with Gasteiger partial charge in [0.1, 0.15) is 0 Å². The Morgan fingerprint density at radius 3 is 1.40 bits per heavy atom. The van der Waals surface area contributed by atoms with Crippen molar-refractivity contribution in [2.24, 2.45) is 11.8 Å². The quantitative estimate of drug-likeness (QED) is 0.364. The van der Waals surface area contributed by atoms with E-state index in [1.807, 2.05) is 97.1 Å². The minimum atomic E-state index is -1.47. The normalized spacial score (nSPS) is 27.6. The van der Waals surface area contributed by atoms with Crippen molar-refractivity contribution in [3.63, 3.8) is 0 Å². The number of amides is 2. The molecular weight excluding hydrogens is 546 g/mol. The van der Waals surface area contributed by atoms with Gasteiger partial charge in [-0.05, 0) is 57.7 Å². The molecule has 5 aliphatic rings. The van der Waals surface area contributed by atoms with Crippen molar-refractivity contribution in [3.05, 3.63) is 119 Å². The van der Waals surface area contributed by atoms with Crippen LogP contribution in [0.15, 0.2) is 97.1 Å². The van der Waals surface area contributed by atoms with E-state index < -0.39 is 34.5 Å². The molecule has 2 bridgehead atoms. The number of hydrogen-bond donors (Lipinski definition) is 1. The first-order valence-corrected chi connectivity index (χ1v) is 14.1. The van der Waals surface area contributed by atoms with Gasteiger partial charge in [-0.25, -0.2) is 0 Å². The van der Waals surface area contributed by atoms with Gasteiger partial charge in [0.2, 0.25) is 25.4 Å². The van der Waals surface area contributed by atoms with Crippen molar-refractivity contribution in [3.8, 4) is 23.0 Å². The first kappa shape index (κ1) is 24.2. The molecule has 0 aromatic heterocycles. The van der Waals surface area contributed by atoms with Crippen LogP contribution in [0, 0.1) is 11.8 Å². The summed E-state index contributed by atoms with van der Waals surface area (Å²) in [6.45, 7) is 0.177. The number of hydrogen-bond acceptors (Lipinski definition) is 7. The van der Waals surface area contributed by atoms with Gasteiger partial charge < -0.3 is 18.9 Å². The SMILES string of the molecule is O=C1NC(=O)[C@H]2[C@@H]1[C@@]1(c3ccccc3)C(=O)[C@]2(c2ccccc2)C(c2ccc3c(c2)OCO3)=C1c1ccc2c(c1)OCO2. The van der Waals surface area contributed by atoms with Gasteiger partial charge in [-0.2, -0.15) is 0 Å². The predicted octanol–water partition coefficient (Wildman–Crippen LogP) is 4.42. The van der Waals surface area contributed by atoms with Gasteiger partial charge in [-0.3, -0.25) is 19.7 Å². The van der Waals surface area contributed by atoms with Crippen LogP contribution in [0.3, 0.4) is 0 Å². The Bertz CT molecular complexity index is 1800. The molecule has 4 atom stereocenters. The highest BCUT2D eigenvalue weighted by molar-refractivity contribution is 6.35. The molecule has 0 radical (unpaired) electrons. The molecule has 8 nitrogen and oxygen atoms in total. The highest BCUT2D eigenvalue weighted by Gasteiger charge is 2.81. The van der Waals surface area contributed by atoms with Crippen LogP contribution in [0.5, 0.6) is 23.0 Å². The average Bonchev–Trinajstić information content (AvgIpc) is 3.85. The van der Waals surface area contributed by atoms with Crippen LogP contribution in [-0.4, -0.2) is 31.2 Å². The van der Waals surface area contributed by atoms with Crippen LogP contribution < -0.4 is 24.3 Å². The van der Waals surface area contributed by atoms with Crippen LogP contribution in [0.2, 0.25) is 0 Å². The molecule has 9 rings (SSSR count). The van der Waals surface area contributed by atoms with Crippen molar-refractivity contribution >= 4 is 28.7 Å². The van der Waals surface area contributed by atoms with Crippen LogP contribution in [-0.2, 0) is 25.2 Å². The van der Waals surface area contributed by atoms with E-state index >= 15 is 4.79 Å². The fraction of sp³-hybridized carbons (Fsp3) is 0.171. The van der Waals surface area contributed by atoms with Gasteiger partial charge >= 0.3 is 0 Å². The van der Waals surface area contributed by atoms with Crippen LogP contribution in [0.4, 0.5) is 0 Å². The van der Waals surface area contributed by atoms with E-state index in [-0.39, 0.29) is 19.4 Å². The summed E-state index contributed by atoms with van der Waals surface area (Å²) in [6, 6.07) is 29.9. The first-order chi connectivity index (χ1) is 21.1. The standard InChI is InChI=1S/C35H23NO7/c37-31-29-30(32(38)36-31)35(22-9-5-2-6-10-22)28(20-12-14-24-26(16-20)43-18-41-24)27(19-11-13-23-25(15-19)42-17-40-23)34(29,33(35)39)21-7-3-1-4-8-21/h1-16,29-30H,17-18H2,(H,36,37,38)/t29-,30+,34-,35+. The molecule has 3 heterocycles. The van der Waals surface area contributed by atoms with Crippen molar-refractivity contribution in [2.75, 3.05) is 13.6 Å². The van der Waals surface area contributed by atoms with E-state index in [2.05, 4.69) is 5.32 Å². The average molecular weight is 570 g/mol. The third-order valence-electron chi connectivity index (χ3n) is 9.61. The lowest BCUT2D eigenvalue weighted by atomic mass is 9.59. The molecule has 210 valence electrons. The fourth-order valence-corrected chi connectivity index (χ4v) is 8.16. The van der Waals surface area contributed by atoms with E-state index in [1.54, 1.807) is 0 Å². The Hall–Kier alpha value is -5.37. The van der Waals surface area contributed by atoms with Crippen LogP contribution >= 0.6 is 0 Å². The number of allylic oxidation sites excluding steroid dienone is 2. The Morgan fingerprint density at radius 2 is 0.953 bits per heavy atom. The van der Waals surface area contributed by atoms with Gasteiger partial charge in [0.15, 0.2) is 28.8 Å². The number of ether oxygens (including phenoxy) is 4. The lowest BCUT2D eigenvalue weighted by Crippen LogP contribution is -2.44. The number of ketones is 1. The molecule has 2 fully saturated rings. The van der Waals surface area contributed by atoms with Gasteiger partial charge in [-0.1, -0.05) is 72.8 Å². The molecule has 4 aromatic carbocycles. The molecule has 1 saturated heterocycles. The fourth-order valence-electron chi connectivity index (χ4n) is 8.16. The summed E-state index contributed by atoms with van der Waals surface area (Å²) in [7, 11) is 0. The van der Waals surface area contributed by atoms with E-state index in [1.165, 1.54) is 0 Å². The van der Waals surface area contributed by atoms with Crippen molar-refractivity contribution in [2.45, 2.75) is 10.8 Å². The van der Waals surface area contributed by atoms with Crippen molar-refractivity contribution < 1.29 is 33.3 Å². The third-order valence-corrected chi connectivity index (χ3v) is 9.61. The topological polar surface area (TPSA) is 100 Å². The number of Topliss-reactive ketones (excluding diaryl/α,β-unsaturated/α-hetero) is 1. The Morgan fingerprint density at radius 1 is 0.535 bits per heavy atom. The van der Waals surface area contributed by atoms with Gasteiger partial charge in [0.25, 0.3) is 0 Å². The number of nitrogens with one attached hydrogen (secondary N) is 1. The van der Waals surface area contributed by atoms with E-state index in [0.717, 1.165) is 0 Å². The molecule has 0 unspecified atom stereocenters. The van der Waals surface area contributed by atoms with Crippen LogP contribution in [0.1, 0.15) is 22.3 Å². The first-order valence-electron chi connectivity index (χ1n) is 14.1. The summed E-state index contributed by atoms with van der Waals surface area (Å²) >= 11 is 0. The summed E-state index contributed by atoms with van der Waals surface area (Å²) in [5.74, 6) is -0.738. The second-order valence-corrected chi connectivity index (χ2v) is 11.4. The predicted molar refractivity (Wildman–Crippen MR) is 153 cm³/mol. The molecule has 2 amide bonds. The Balaban J connectivity index is 1.49. The highest BCUT2D eigenvalue weighted by atomic mass is 16.7. The van der Waals surface area contributed by atoms with Gasteiger partial charge in [0, 0.05) is 0 Å². The third kappa shape index (κ3) is 2.83. The maximum absolute atomic E-state index is 15.7. The number of benzene rings is 4. The second kappa shape index (κ2) is 8.35. The smallest absolute Gasteiger partial charge is 0.232 e. The summed E-state index contributed by atoms with van der Waals surface area (Å²) < 4.78 is 22.8. The van der Waals surface area contributed by atoms with E-state index in [9.17, 15) is 9.59 Å². The van der Waals surface area contributed by atoms with Gasteiger partial charge in [0.05, 0.1) is 22.7 Å². The van der Waals surface area contributed by atoms with Crippen molar-refractivity contribution in [1.82, 2.24) is 5.32 Å². The van der Waals surface area contributed by atoms with Crippen LogP contribution in [0.25, 0.3) is 11.1 Å². The minimum absolute atomic E-state index is 0.0885. The molecule has 43 heavy (non-hydrogen) atoms. The van der Waals surface area contributed by atoms with E-state index in [0.29, 0.717) is 56.4 Å². The Kier molecular flexibility index (Phi) is 4.71. The molecule has 1 saturated carbocycles. The summed E-state index contributed by atoms with van der Waals surface area (Å²) in [4.78, 5) is 43.5. The summed E-state index contributed by atoms with van der Waals surface area (Å²) in [6.07, 6.45) is 0. The maximum Gasteiger partial charge on any atom is 0.232 e. The molecule has 4 aromatic rings. The molecule has 1 N–H and O–H groups in total. The number of carbonyl (C=O) groups is 3. The molecule has 0 spiro atoms. The summed E-state index contributed by atoms with van der Waals surface area (Å²) in [5.41, 5.74) is 1.10. The van der Waals surface area contributed by atoms with E-state index in [4.69, 9.17) is 18.9 Å². The zero-order valence-corrected chi connectivity index (χ0v) is 22.7. The minimum Gasteiger partial charge on any atom is -0.454 e. The highest BCUT2D eigenvalue weighted by Crippen LogP contribution is 2.73. The molecule has 3 aliphatic heterocycles. The zero-order chi connectivity index (χ0) is 28.9. The number of carbonyl (C=O) groups excluding carboxylic acids is 3. The largest absolute Gasteiger partial charge is 0.454 e. The second-order valence-electron chi connectivity index (χ2n) is 11.4. The van der Waals surface area contributed by atoms with Gasteiger partial charge in [-0.15, -0.1) is 0 Å². The summed E-state index contributed by atoms with van der Waals surface area (Å²) in [5, 5.41) is 2.61. The molecule has 8 heteroatoms. The monoisotopic (exact) mass is 569 g/mol.